The van der Waals surface area contributed by atoms with Gasteiger partial charge >= 0.3 is 29.8 Å². The summed E-state index contributed by atoms with van der Waals surface area (Å²) in [7, 11) is 0. The summed E-state index contributed by atoms with van der Waals surface area (Å²) in [5, 5.41) is 129. The van der Waals surface area contributed by atoms with Crippen molar-refractivity contribution in [2.45, 2.75) is 167 Å². The van der Waals surface area contributed by atoms with E-state index in [0.717, 1.165) is 11.6 Å². The van der Waals surface area contributed by atoms with Crippen molar-refractivity contribution in [1.82, 2.24) is 0 Å². The van der Waals surface area contributed by atoms with Gasteiger partial charge in [-0.25, -0.2) is 9.59 Å². The van der Waals surface area contributed by atoms with Crippen molar-refractivity contribution in [2.24, 2.45) is 56.2 Å². The SMILES string of the molecule is CC1(C)CC[C@]2(C(=O)O[C@@H]3O[C@H](CO)[C@@H](O)[C@H](O)[C@H]3O)CC[C@]3(C)C(=CC[C@@H]4[C@@]5(C)C[C@@H](O)[C@H](O)[C@@](C)(COC(=O)[C@@H](CC(=O)O)C[C@H]6c7c(cc(O)c(O)c7O)C(=O)O[C@@H]6C(=O)O)[C@@H]5CC[C@]43C)[C@@H]2[C@@H]1O. The Morgan fingerprint density at radius 2 is 1.50 bits per heavy atom. The molecule has 5 fully saturated rings. The van der Waals surface area contributed by atoms with Gasteiger partial charge < -0.3 is 80.2 Å². The number of carboxylic acids is 2. The molecular formula is C51H70O21. The molecule has 1 aromatic rings. The summed E-state index contributed by atoms with van der Waals surface area (Å²) < 4.78 is 22.5. The van der Waals surface area contributed by atoms with Gasteiger partial charge in [-0.2, -0.15) is 0 Å². The number of phenolic OH excluding ortho intramolecular Hbond substituents is 3. The maximum Gasteiger partial charge on any atom is 0.345 e. The van der Waals surface area contributed by atoms with Crippen LogP contribution in [0.1, 0.15) is 128 Å². The number of benzene rings is 1. The second kappa shape index (κ2) is 18.3. The van der Waals surface area contributed by atoms with Gasteiger partial charge in [-0.05, 0) is 97.3 Å². The Hall–Kier alpha value is -4.61. The molecule has 0 spiro atoms. The van der Waals surface area contributed by atoms with E-state index in [4.69, 9.17) is 18.9 Å². The van der Waals surface area contributed by atoms with Crippen LogP contribution in [0.15, 0.2) is 17.7 Å². The number of carbonyl (C=O) groups is 5. The van der Waals surface area contributed by atoms with E-state index in [0.29, 0.717) is 38.5 Å². The number of aliphatic hydroxyl groups excluding tert-OH is 7. The van der Waals surface area contributed by atoms with Gasteiger partial charge in [0, 0.05) is 22.8 Å². The summed E-state index contributed by atoms with van der Waals surface area (Å²) in [4.78, 5) is 66.4. The normalized spacial score (nSPS) is 43.4. The highest BCUT2D eigenvalue weighted by molar-refractivity contribution is 5.97. The maximum absolute atomic E-state index is 14.7. The number of hydrogen-bond donors (Lipinski definition) is 12. The van der Waals surface area contributed by atoms with Gasteiger partial charge in [0.25, 0.3) is 0 Å². The topological polar surface area (TPSA) is 365 Å². The van der Waals surface area contributed by atoms with Gasteiger partial charge in [0.1, 0.15) is 24.4 Å². The number of aliphatic carboxylic acids is 2. The standard InChI is InChI=1S/C51H70O21/c1-46(2)11-13-51(45(68)72-44-37(61)36(60)34(58)27(19-52)70-44)14-12-49(5)24(32(51)40(46)63)7-8-29-47(3)18-26(54)39(62)48(4,28(47)9-10-50(29,49)6)20-69-42(66)21(16-30(55)56)15-22-31-23(17-25(53)33(57)35(31)59)43(67)71-38(22)41(64)65/h7,17,21-22,26-29,32,34,36-40,44,52-54,57-63H,8-16,18-20H2,1-6H3,(H,55,56)(H,64,65)/t21-,22+,26-,27-,28-,29-,32-,34-,36+,37-,38+,39+,40+,44+,47+,48+,49-,50-,51+/m1/s1. The number of ether oxygens (including phenoxy) is 4. The van der Waals surface area contributed by atoms with E-state index in [9.17, 15) is 85.3 Å². The van der Waals surface area contributed by atoms with E-state index in [1.54, 1.807) is 6.92 Å². The van der Waals surface area contributed by atoms with Crippen LogP contribution in [0.4, 0.5) is 0 Å². The van der Waals surface area contributed by atoms with Crippen molar-refractivity contribution in [3.8, 4) is 17.2 Å². The summed E-state index contributed by atoms with van der Waals surface area (Å²) in [6, 6.07) is 0.753. The number of carboxylic acid groups (broad SMARTS) is 2. The Morgan fingerprint density at radius 3 is 2.14 bits per heavy atom. The molecule has 72 heavy (non-hydrogen) atoms. The highest BCUT2D eigenvalue weighted by atomic mass is 16.7. The molecule has 4 saturated carbocycles. The molecule has 8 rings (SSSR count). The fourth-order valence-electron chi connectivity index (χ4n) is 15.3. The first-order valence-corrected chi connectivity index (χ1v) is 24.8. The van der Waals surface area contributed by atoms with Crippen LogP contribution in [0.2, 0.25) is 0 Å². The van der Waals surface area contributed by atoms with Crippen LogP contribution in [0, 0.1) is 56.2 Å². The summed E-state index contributed by atoms with van der Waals surface area (Å²) in [5.74, 6) is -14.0. The Kier molecular flexibility index (Phi) is 13.7. The molecular weight excluding hydrogens is 949 g/mol. The highest BCUT2D eigenvalue weighted by Crippen LogP contribution is 2.76. The van der Waals surface area contributed by atoms with Gasteiger partial charge in [0.05, 0.1) is 54.8 Å². The molecule has 12 N–H and O–H groups in total. The smallest absolute Gasteiger partial charge is 0.345 e. The van der Waals surface area contributed by atoms with Gasteiger partial charge in [-0.1, -0.05) is 53.2 Å². The minimum Gasteiger partial charge on any atom is -0.504 e. The maximum atomic E-state index is 14.7. The van der Waals surface area contributed by atoms with Crippen molar-refractivity contribution in [2.75, 3.05) is 13.2 Å². The largest absolute Gasteiger partial charge is 0.504 e. The lowest BCUT2D eigenvalue weighted by Crippen LogP contribution is -2.69. The van der Waals surface area contributed by atoms with Crippen molar-refractivity contribution >= 4 is 29.8 Å². The lowest BCUT2D eigenvalue weighted by Gasteiger charge is -2.71. The second-order valence-electron chi connectivity index (χ2n) is 23.6. The van der Waals surface area contributed by atoms with E-state index in [1.807, 2.05) is 20.8 Å². The van der Waals surface area contributed by atoms with Gasteiger partial charge in [0.2, 0.25) is 18.1 Å². The van der Waals surface area contributed by atoms with Crippen LogP contribution in [-0.2, 0) is 38.1 Å². The zero-order valence-electron chi connectivity index (χ0n) is 41.3. The monoisotopic (exact) mass is 1020 g/mol. The Morgan fingerprint density at radius 1 is 0.833 bits per heavy atom. The number of esters is 3. The average molecular weight is 1020 g/mol. The van der Waals surface area contributed by atoms with E-state index in [-0.39, 0.29) is 18.8 Å². The molecule has 7 aliphatic rings. The fourth-order valence-corrected chi connectivity index (χ4v) is 15.3. The molecule has 19 atom stereocenters. The predicted octanol–water partition coefficient (Wildman–Crippen LogP) is 1.96. The van der Waals surface area contributed by atoms with Crippen LogP contribution in [0.3, 0.4) is 0 Å². The molecule has 21 heteroatoms. The van der Waals surface area contributed by atoms with Gasteiger partial charge in [-0.15, -0.1) is 0 Å². The minimum absolute atomic E-state index is 0.153. The number of aromatic hydroxyl groups is 3. The Balaban J connectivity index is 1.08. The number of allylic oxidation sites excluding steroid dienone is 1. The third kappa shape index (κ3) is 7.97. The summed E-state index contributed by atoms with van der Waals surface area (Å²) in [6.45, 7) is 10.7. The number of fused-ring (bicyclic) bond motifs is 8. The molecule has 21 nitrogen and oxygen atoms in total. The average Bonchev–Trinajstić information content (AvgIpc) is 3.31. The Labute approximate surface area is 415 Å². The highest BCUT2D eigenvalue weighted by Gasteiger charge is 2.72. The van der Waals surface area contributed by atoms with E-state index in [2.05, 4.69) is 19.9 Å². The number of aliphatic hydroxyl groups is 7. The van der Waals surface area contributed by atoms with Crippen LogP contribution >= 0.6 is 0 Å². The molecule has 2 heterocycles. The molecule has 1 saturated heterocycles. The van der Waals surface area contributed by atoms with Crippen LogP contribution in [0.5, 0.6) is 17.2 Å². The fraction of sp³-hybridized carbons (Fsp3) is 0.745. The van der Waals surface area contributed by atoms with Gasteiger partial charge in [-0.3, -0.25) is 14.4 Å². The van der Waals surface area contributed by atoms with E-state index in [1.165, 1.54) is 0 Å². The first-order valence-electron chi connectivity index (χ1n) is 24.8. The lowest BCUT2D eigenvalue weighted by molar-refractivity contribution is -0.298. The van der Waals surface area contributed by atoms with Crippen molar-refractivity contribution in [3.63, 3.8) is 0 Å². The molecule has 0 amide bonds. The van der Waals surface area contributed by atoms with Crippen molar-refractivity contribution < 1.29 is 104 Å². The number of rotatable bonds is 11. The van der Waals surface area contributed by atoms with Crippen molar-refractivity contribution in [3.05, 3.63) is 28.8 Å². The van der Waals surface area contributed by atoms with Crippen LogP contribution in [0.25, 0.3) is 0 Å². The number of hydrogen-bond acceptors (Lipinski definition) is 19. The summed E-state index contributed by atoms with van der Waals surface area (Å²) in [6.07, 6.45) is -10.6. The number of carbonyl (C=O) groups excluding carboxylic acids is 3. The third-order valence-electron chi connectivity index (χ3n) is 19.6. The molecule has 400 valence electrons. The predicted molar refractivity (Wildman–Crippen MR) is 244 cm³/mol. The minimum atomic E-state index is -2.06. The first kappa shape index (κ1) is 53.7. The third-order valence-corrected chi connectivity index (χ3v) is 19.6. The molecule has 2 aliphatic heterocycles. The molecule has 5 aliphatic carbocycles. The molecule has 0 radical (unpaired) electrons. The molecule has 0 unspecified atom stereocenters. The second-order valence-corrected chi connectivity index (χ2v) is 23.6. The quantitative estimate of drug-likeness (QED) is 0.0652. The molecule has 0 bridgehead atoms. The van der Waals surface area contributed by atoms with Crippen molar-refractivity contribution in [1.29, 1.82) is 0 Å². The summed E-state index contributed by atoms with van der Waals surface area (Å²) in [5.41, 5.74) is -5.37. The molecule has 1 aromatic carbocycles. The lowest BCUT2D eigenvalue weighted by atomic mass is 9.33. The number of phenols is 3. The van der Waals surface area contributed by atoms with Crippen LogP contribution in [-0.4, -0.2) is 159 Å². The number of cyclic esters (lactones) is 1. The van der Waals surface area contributed by atoms with Gasteiger partial charge in [0.15, 0.2) is 11.5 Å². The molecule has 0 aromatic heterocycles. The summed E-state index contributed by atoms with van der Waals surface area (Å²) >= 11 is 0. The zero-order chi connectivity index (χ0) is 53.2. The Bertz CT molecular complexity index is 2400. The van der Waals surface area contributed by atoms with E-state index < -0.39 is 196 Å². The van der Waals surface area contributed by atoms with E-state index >= 15 is 0 Å². The zero-order valence-corrected chi connectivity index (χ0v) is 41.3. The van der Waals surface area contributed by atoms with Crippen LogP contribution < -0.4 is 0 Å². The first-order chi connectivity index (χ1) is 33.4.